The van der Waals surface area contributed by atoms with E-state index in [4.69, 9.17) is 5.73 Å². The van der Waals surface area contributed by atoms with E-state index in [1.165, 1.54) is 51.6 Å². The molecule has 1 aliphatic rings. The van der Waals surface area contributed by atoms with Crippen molar-refractivity contribution >= 4 is 0 Å². The highest BCUT2D eigenvalue weighted by Crippen LogP contribution is 2.31. The third-order valence-corrected chi connectivity index (χ3v) is 4.38. The molecule has 0 saturated carbocycles. The van der Waals surface area contributed by atoms with Crippen LogP contribution >= 0.6 is 0 Å². The van der Waals surface area contributed by atoms with Gasteiger partial charge in [-0.1, -0.05) is 34.1 Å². The van der Waals surface area contributed by atoms with Gasteiger partial charge >= 0.3 is 0 Å². The summed E-state index contributed by atoms with van der Waals surface area (Å²) in [6.07, 6.45) is 7.59. The van der Waals surface area contributed by atoms with Crippen molar-refractivity contribution in [2.75, 3.05) is 13.1 Å². The fraction of sp³-hybridized carbons (Fsp3) is 1.00. The zero-order valence-corrected chi connectivity index (χ0v) is 12.3. The second-order valence-corrected chi connectivity index (χ2v) is 6.48. The third kappa shape index (κ3) is 4.59. The first-order valence-corrected chi connectivity index (χ1v) is 7.50. The standard InChI is InChI=1S/C15H32N2/c1-5-8-13(16)14(6-2)17-11-7-9-15(3,4)10-12-17/h13-14H,5-12,16H2,1-4H3. The highest BCUT2D eigenvalue weighted by Gasteiger charge is 2.28. The molecule has 0 amide bonds. The van der Waals surface area contributed by atoms with Gasteiger partial charge in [0.15, 0.2) is 0 Å². The van der Waals surface area contributed by atoms with Gasteiger partial charge in [-0.3, -0.25) is 4.90 Å². The molecule has 0 aliphatic carbocycles. The van der Waals surface area contributed by atoms with Gasteiger partial charge < -0.3 is 5.73 Å². The van der Waals surface area contributed by atoms with Crippen molar-refractivity contribution in [3.05, 3.63) is 0 Å². The van der Waals surface area contributed by atoms with Crippen molar-refractivity contribution in [2.24, 2.45) is 11.1 Å². The van der Waals surface area contributed by atoms with Crippen LogP contribution < -0.4 is 5.73 Å². The van der Waals surface area contributed by atoms with Crippen LogP contribution in [0.5, 0.6) is 0 Å². The topological polar surface area (TPSA) is 29.3 Å². The van der Waals surface area contributed by atoms with Gasteiger partial charge in [0, 0.05) is 12.1 Å². The summed E-state index contributed by atoms with van der Waals surface area (Å²) in [6.45, 7) is 11.8. The minimum Gasteiger partial charge on any atom is -0.326 e. The maximum atomic E-state index is 6.35. The lowest BCUT2D eigenvalue weighted by Crippen LogP contribution is -2.48. The summed E-state index contributed by atoms with van der Waals surface area (Å²) in [5, 5.41) is 0. The molecule has 2 unspecified atom stereocenters. The zero-order chi connectivity index (χ0) is 12.9. The van der Waals surface area contributed by atoms with Crippen LogP contribution in [0.4, 0.5) is 0 Å². The van der Waals surface area contributed by atoms with Gasteiger partial charge in [0.2, 0.25) is 0 Å². The zero-order valence-electron chi connectivity index (χ0n) is 12.3. The largest absolute Gasteiger partial charge is 0.326 e. The van der Waals surface area contributed by atoms with Crippen molar-refractivity contribution in [1.29, 1.82) is 0 Å². The van der Waals surface area contributed by atoms with Gasteiger partial charge in [0.1, 0.15) is 0 Å². The molecule has 0 radical (unpaired) electrons. The average Bonchev–Trinajstić information content (AvgIpc) is 2.42. The minimum absolute atomic E-state index is 0.367. The SMILES string of the molecule is CCCC(N)C(CC)N1CCCC(C)(C)CC1. The normalized spacial score (nSPS) is 25.2. The predicted octanol–water partition coefficient (Wildman–Crippen LogP) is 3.40. The first kappa shape index (κ1) is 15.0. The van der Waals surface area contributed by atoms with Gasteiger partial charge in [-0.05, 0) is 50.6 Å². The lowest BCUT2D eigenvalue weighted by Gasteiger charge is -2.34. The molecule has 0 aromatic rings. The van der Waals surface area contributed by atoms with E-state index in [0.717, 1.165) is 0 Å². The van der Waals surface area contributed by atoms with Crippen molar-refractivity contribution in [3.8, 4) is 0 Å². The molecule has 1 fully saturated rings. The molecule has 2 nitrogen and oxygen atoms in total. The lowest BCUT2D eigenvalue weighted by molar-refractivity contribution is 0.161. The Balaban J connectivity index is 2.57. The summed E-state index contributed by atoms with van der Waals surface area (Å²) in [6, 6.07) is 0.968. The van der Waals surface area contributed by atoms with Crippen molar-refractivity contribution < 1.29 is 0 Å². The predicted molar refractivity (Wildman–Crippen MR) is 76.2 cm³/mol. The first-order valence-electron chi connectivity index (χ1n) is 7.50. The van der Waals surface area contributed by atoms with Crippen LogP contribution in [-0.2, 0) is 0 Å². The molecule has 0 bridgehead atoms. The van der Waals surface area contributed by atoms with Crippen LogP contribution in [0.25, 0.3) is 0 Å². The number of nitrogens with two attached hydrogens (primary N) is 1. The van der Waals surface area contributed by atoms with E-state index in [9.17, 15) is 0 Å². The number of hydrogen-bond acceptors (Lipinski definition) is 2. The maximum absolute atomic E-state index is 6.35. The second kappa shape index (κ2) is 6.75. The molecular formula is C15H32N2. The Morgan fingerprint density at radius 3 is 2.47 bits per heavy atom. The van der Waals surface area contributed by atoms with E-state index in [-0.39, 0.29) is 0 Å². The van der Waals surface area contributed by atoms with Crippen LogP contribution in [0.2, 0.25) is 0 Å². The molecule has 102 valence electrons. The molecule has 1 rings (SSSR count). The van der Waals surface area contributed by atoms with E-state index < -0.39 is 0 Å². The fourth-order valence-electron chi connectivity index (χ4n) is 3.13. The summed E-state index contributed by atoms with van der Waals surface area (Å²) >= 11 is 0. The van der Waals surface area contributed by atoms with E-state index in [1.54, 1.807) is 0 Å². The fourth-order valence-corrected chi connectivity index (χ4v) is 3.13. The molecule has 0 aromatic carbocycles. The quantitative estimate of drug-likeness (QED) is 0.798. The Kier molecular flexibility index (Phi) is 5.94. The molecule has 1 saturated heterocycles. The van der Waals surface area contributed by atoms with Gasteiger partial charge in [-0.15, -0.1) is 0 Å². The molecule has 1 heterocycles. The molecule has 2 N–H and O–H groups in total. The van der Waals surface area contributed by atoms with E-state index in [2.05, 4.69) is 32.6 Å². The first-order chi connectivity index (χ1) is 8.00. The Hall–Kier alpha value is -0.0800. The molecule has 0 spiro atoms. The van der Waals surface area contributed by atoms with Crippen LogP contribution in [-0.4, -0.2) is 30.1 Å². The van der Waals surface area contributed by atoms with Crippen LogP contribution in [0.15, 0.2) is 0 Å². The highest BCUT2D eigenvalue weighted by atomic mass is 15.2. The van der Waals surface area contributed by atoms with E-state index >= 15 is 0 Å². The lowest BCUT2D eigenvalue weighted by atomic mass is 9.85. The molecular weight excluding hydrogens is 208 g/mol. The van der Waals surface area contributed by atoms with Crippen LogP contribution in [0.1, 0.15) is 66.2 Å². The van der Waals surface area contributed by atoms with Gasteiger partial charge in [0.25, 0.3) is 0 Å². The summed E-state index contributed by atoms with van der Waals surface area (Å²) in [7, 11) is 0. The summed E-state index contributed by atoms with van der Waals surface area (Å²) in [5.41, 5.74) is 6.88. The summed E-state index contributed by atoms with van der Waals surface area (Å²) < 4.78 is 0. The molecule has 2 heteroatoms. The van der Waals surface area contributed by atoms with E-state index in [0.29, 0.717) is 17.5 Å². The molecule has 1 aliphatic heterocycles. The number of rotatable bonds is 5. The Morgan fingerprint density at radius 2 is 1.88 bits per heavy atom. The number of hydrogen-bond donors (Lipinski definition) is 1. The molecule has 2 atom stereocenters. The van der Waals surface area contributed by atoms with Gasteiger partial charge in [-0.2, -0.15) is 0 Å². The van der Waals surface area contributed by atoms with Crippen molar-refractivity contribution in [2.45, 2.75) is 78.3 Å². The number of likely N-dealkylation sites (tertiary alicyclic amines) is 1. The highest BCUT2D eigenvalue weighted by molar-refractivity contribution is 4.85. The van der Waals surface area contributed by atoms with Crippen LogP contribution in [0.3, 0.4) is 0 Å². The van der Waals surface area contributed by atoms with Crippen molar-refractivity contribution in [3.63, 3.8) is 0 Å². The smallest absolute Gasteiger partial charge is 0.0244 e. The monoisotopic (exact) mass is 240 g/mol. The molecule has 0 aromatic heterocycles. The average molecular weight is 240 g/mol. The van der Waals surface area contributed by atoms with Gasteiger partial charge in [-0.25, -0.2) is 0 Å². The minimum atomic E-state index is 0.367. The molecule has 17 heavy (non-hydrogen) atoms. The Labute approximate surface area is 108 Å². The summed E-state index contributed by atoms with van der Waals surface area (Å²) in [4.78, 5) is 2.66. The Bertz CT molecular complexity index is 213. The van der Waals surface area contributed by atoms with E-state index in [1.807, 2.05) is 0 Å². The van der Waals surface area contributed by atoms with Crippen molar-refractivity contribution in [1.82, 2.24) is 4.90 Å². The van der Waals surface area contributed by atoms with Gasteiger partial charge in [0.05, 0.1) is 0 Å². The summed E-state index contributed by atoms with van der Waals surface area (Å²) in [5.74, 6) is 0. The van der Waals surface area contributed by atoms with Crippen LogP contribution in [0, 0.1) is 5.41 Å². The maximum Gasteiger partial charge on any atom is 0.0244 e. The Morgan fingerprint density at radius 1 is 1.18 bits per heavy atom. The third-order valence-electron chi connectivity index (χ3n) is 4.38. The second-order valence-electron chi connectivity index (χ2n) is 6.48. The number of nitrogens with zero attached hydrogens (tertiary/aromatic N) is 1.